The average Bonchev–Trinajstić information content (AvgIpc) is 3.29. The van der Waals surface area contributed by atoms with Crippen molar-refractivity contribution in [3.63, 3.8) is 0 Å². The van der Waals surface area contributed by atoms with Gasteiger partial charge in [0.25, 0.3) is 0 Å². The van der Waals surface area contributed by atoms with Crippen LogP contribution >= 0.6 is 0 Å². The van der Waals surface area contributed by atoms with E-state index in [1.54, 1.807) is 6.07 Å². The standard InChI is InChI=1S/C25H32F2N2O/c26-21-7-10-23(24(27)17-21)19-12-15-29(16-13-19)14-11-18-5-8-22(9-6-18)28-25(30)20-3-1-2-4-20/h3,7,10,12,17-18,22H,1-2,4-6,8-9,11,13-16H2,(H,28,30). The van der Waals surface area contributed by atoms with E-state index in [-0.39, 0.29) is 5.91 Å². The van der Waals surface area contributed by atoms with Gasteiger partial charge >= 0.3 is 0 Å². The van der Waals surface area contributed by atoms with Gasteiger partial charge in [0.1, 0.15) is 11.6 Å². The summed E-state index contributed by atoms with van der Waals surface area (Å²) in [5.74, 6) is -0.116. The predicted molar refractivity (Wildman–Crippen MR) is 116 cm³/mol. The van der Waals surface area contributed by atoms with E-state index in [0.717, 1.165) is 81.3 Å². The molecule has 162 valence electrons. The minimum Gasteiger partial charge on any atom is -0.350 e. The SMILES string of the molecule is O=C(NC1CCC(CCN2CC=C(c3ccc(F)cc3F)CC2)CC1)C1=CCCC1. The Kier molecular flexibility index (Phi) is 6.98. The molecule has 0 unspecified atom stereocenters. The van der Waals surface area contributed by atoms with Gasteiger partial charge in [-0.25, -0.2) is 8.78 Å². The summed E-state index contributed by atoms with van der Waals surface area (Å²) in [5, 5.41) is 3.24. The van der Waals surface area contributed by atoms with Crippen molar-refractivity contribution in [3.05, 3.63) is 53.1 Å². The van der Waals surface area contributed by atoms with E-state index in [2.05, 4.69) is 22.4 Å². The van der Waals surface area contributed by atoms with Gasteiger partial charge in [-0.2, -0.15) is 0 Å². The van der Waals surface area contributed by atoms with E-state index < -0.39 is 11.6 Å². The molecule has 1 fully saturated rings. The average molecular weight is 415 g/mol. The number of benzene rings is 1. The fraction of sp³-hybridized carbons (Fsp3) is 0.560. The molecule has 0 radical (unpaired) electrons. The van der Waals surface area contributed by atoms with Crippen molar-refractivity contribution < 1.29 is 13.6 Å². The molecule has 0 bridgehead atoms. The summed E-state index contributed by atoms with van der Waals surface area (Å²) in [6, 6.07) is 4.18. The lowest BCUT2D eigenvalue weighted by molar-refractivity contribution is -0.118. The minimum atomic E-state index is -0.529. The molecule has 1 amide bonds. The van der Waals surface area contributed by atoms with Gasteiger partial charge in [-0.3, -0.25) is 9.69 Å². The van der Waals surface area contributed by atoms with Crippen LogP contribution < -0.4 is 5.32 Å². The third-order valence-corrected chi connectivity index (χ3v) is 6.94. The second-order valence-corrected chi connectivity index (χ2v) is 9.01. The van der Waals surface area contributed by atoms with Gasteiger partial charge in [0.2, 0.25) is 5.91 Å². The van der Waals surface area contributed by atoms with E-state index in [1.165, 1.54) is 25.3 Å². The molecule has 4 rings (SSSR count). The van der Waals surface area contributed by atoms with Crippen LogP contribution in [-0.2, 0) is 4.79 Å². The van der Waals surface area contributed by atoms with Crippen molar-refractivity contribution in [3.8, 4) is 0 Å². The molecule has 1 N–H and O–H groups in total. The predicted octanol–water partition coefficient (Wildman–Crippen LogP) is 5.23. The Morgan fingerprint density at radius 2 is 1.93 bits per heavy atom. The number of nitrogens with one attached hydrogen (secondary N) is 1. The van der Waals surface area contributed by atoms with Crippen molar-refractivity contribution in [2.75, 3.05) is 19.6 Å². The maximum Gasteiger partial charge on any atom is 0.247 e. The zero-order chi connectivity index (χ0) is 20.9. The van der Waals surface area contributed by atoms with Crippen LogP contribution in [0.5, 0.6) is 0 Å². The maximum absolute atomic E-state index is 14.0. The summed E-state index contributed by atoms with van der Waals surface area (Å²) >= 11 is 0. The molecule has 1 saturated carbocycles. The first-order valence-electron chi connectivity index (χ1n) is 11.4. The molecule has 5 heteroatoms. The van der Waals surface area contributed by atoms with E-state index in [0.29, 0.717) is 11.6 Å². The lowest BCUT2D eigenvalue weighted by Crippen LogP contribution is -2.38. The van der Waals surface area contributed by atoms with Gasteiger partial charge in [-0.1, -0.05) is 12.2 Å². The van der Waals surface area contributed by atoms with E-state index in [9.17, 15) is 13.6 Å². The van der Waals surface area contributed by atoms with Crippen LogP contribution in [-0.4, -0.2) is 36.5 Å². The number of carbonyl (C=O) groups is 1. The third-order valence-electron chi connectivity index (χ3n) is 6.94. The number of nitrogens with zero attached hydrogens (tertiary/aromatic N) is 1. The lowest BCUT2D eigenvalue weighted by Gasteiger charge is -2.32. The lowest BCUT2D eigenvalue weighted by atomic mass is 9.84. The van der Waals surface area contributed by atoms with Crippen LogP contribution in [0.15, 0.2) is 35.9 Å². The molecule has 1 aromatic rings. The normalized spacial score (nSPS) is 25.0. The largest absolute Gasteiger partial charge is 0.350 e. The quantitative estimate of drug-likeness (QED) is 0.691. The molecule has 3 nitrogen and oxygen atoms in total. The highest BCUT2D eigenvalue weighted by Gasteiger charge is 2.25. The Morgan fingerprint density at radius 1 is 1.10 bits per heavy atom. The molecular formula is C25H32F2N2O. The second-order valence-electron chi connectivity index (χ2n) is 9.01. The first kappa shape index (κ1) is 21.2. The van der Waals surface area contributed by atoms with E-state index >= 15 is 0 Å². The van der Waals surface area contributed by atoms with Crippen LogP contribution in [0.3, 0.4) is 0 Å². The zero-order valence-electron chi connectivity index (χ0n) is 17.6. The molecule has 1 heterocycles. The number of amides is 1. The summed E-state index contributed by atoms with van der Waals surface area (Å²) < 4.78 is 27.1. The summed E-state index contributed by atoms with van der Waals surface area (Å²) in [7, 11) is 0. The number of rotatable bonds is 6. The molecule has 0 saturated heterocycles. The molecule has 30 heavy (non-hydrogen) atoms. The first-order valence-corrected chi connectivity index (χ1v) is 11.4. The topological polar surface area (TPSA) is 32.3 Å². The van der Waals surface area contributed by atoms with Crippen molar-refractivity contribution in [2.24, 2.45) is 5.92 Å². The van der Waals surface area contributed by atoms with Crippen molar-refractivity contribution >= 4 is 11.5 Å². The summed E-state index contributed by atoms with van der Waals surface area (Å²) in [5.41, 5.74) is 2.50. The second kappa shape index (κ2) is 9.86. The van der Waals surface area contributed by atoms with Crippen LogP contribution in [0, 0.1) is 17.6 Å². The summed E-state index contributed by atoms with van der Waals surface area (Å²) in [4.78, 5) is 14.7. The zero-order valence-corrected chi connectivity index (χ0v) is 17.6. The molecule has 1 aromatic carbocycles. The number of hydrogen-bond donors (Lipinski definition) is 1. The van der Waals surface area contributed by atoms with Crippen LogP contribution in [0.2, 0.25) is 0 Å². The minimum absolute atomic E-state index is 0.157. The number of halogens is 2. The highest BCUT2D eigenvalue weighted by Crippen LogP contribution is 2.29. The van der Waals surface area contributed by atoms with Crippen LogP contribution in [0.1, 0.15) is 63.4 Å². The molecule has 0 atom stereocenters. The Morgan fingerprint density at radius 3 is 2.60 bits per heavy atom. The molecule has 3 aliphatic rings. The Balaban J connectivity index is 1.17. The van der Waals surface area contributed by atoms with Gasteiger partial charge in [-0.05, 0) is 88.0 Å². The Bertz CT molecular complexity index is 824. The Hall–Kier alpha value is -2.01. The molecule has 0 aromatic heterocycles. The number of carbonyl (C=O) groups excluding carboxylic acids is 1. The number of allylic oxidation sites excluding steroid dienone is 1. The van der Waals surface area contributed by atoms with Gasteiger partial charge in [0, 0.05) is 36.3 Å². The molecule has 0 spiro atoms. The third kappa shape index (κ3) is 5.37. The van der Waals surface area contributed by atoms with Crippen LogP contribution in [0.25, 0.3) is 5.57 Å². The fourth-order valence-electron chi connectivity index (χ4n) is 5.02. The number of hydrogen-bond acceptors (Lipinski definition) is 2. The highest BCUT2D eigenvalue weighted by atomic mass is 19.1. The van der Waals surface area contributed by atoms with Gasteiger partial charge in [0.05, 0.1) is 0 Å². The monoisotopic (exact) mass is 414 g/mol. The van der Waals surface area contributed by atoms with Crippen molar-refractivity contribution in [1.82, 2.24) is 10.2 Å². The molecule has 2 aliphatic carbocycles. The van der Waals surface area contributed by atoms with Crippen LogP contribution in [0.4, 0.5) is 8.78 Å². The fourth-order valence-corrected chi connectivity index (χ4v) is 5.02. The maximum atomic E-state index is 14.0. The first-order chi connectivity index (χ1) is 14.6. The van der Waals surface area contributed by atoms with Gasteiger partial charge in [0.15, 0.2) is 0 Å². The smallest absolute Gasteiger partial charge is 0.247 e. The van der Waals surface area contributed by atoms with Gasteiger partial charge < -0.3 is 5.32 Å². The molecule has 1 aliphatic heterocycles. The van der Waals surface area contributed by atoms with E-state index in [4.69, 9.17) is 0 Å². The van der Waals surface area contributed by atoms with Crippen molar-refractivity contribution in [1.29, 1.82) is 0 Å². The molecular weight excluding hydrogens is 382 g/mol. The van der Waals surface area contributed by atoms with Gasteiger partial charge in [-0.15, -0.1) is 0 Å². The summed E-state index contributed by atoms with van der Waals surface area (Å²) in [6.45, 7) is 2.81. The van der Waals surface area contributed by atoms with Crippen molar-refractivity contribution in [2.45, 2.75) is 63.8 Å². The highest BCUT2D eigenvalue weighted by molar-refractivity contribution is 5.93. The van der Waals surface area contributed by atoms with E-state index in [1.807, 2.05) is 0 Å². The Labute approximate surface area is 178 Å². The summed E-state index contributed by atoms with van der Waals surface area (Å²) in [6.07, 6.45) is 13.8.